The van der Waals surface area contributed by atoms with E-state index >= 15 is 0 Å². The molecule has 1 N–H and O–H groups in total. The van der Waals surface area contributed by atoms with Gasteiger partial charge in [0, 0.05) is 12.8 Å². The molecule has 2 rings (SSSR count). The molecule has 1 aliphatic carbocycles. The molecule has 2 heteroatoms. The molecule has 1 unspecified atom stereocenters. The highest BCUT2D eigenvalue weighted by Crippen LogP contribution is 2.33. The van der Waals surface area contributed by atoms with Gasteiger partial charge in [0.15, 0.2) is 0 Å². The van der Waals surface area contributed by atoms with E-state index in [2.05, 4.69) is 5.32 Å². The molecule has 0 radical (unpaired) electrons. The van der Waals surface area contributed by atoms with Gasteiger partial charge < -0.3 is 5.32 Å². The highest BCUT2D eigenvalue weighted by molar-refractivity contribution is 5.78. The Morgan fingerprint density at radius 2 is 2.07 bits per heavy atom. The Morgan fingerprint density at radius 1 is 1.21 bits per heavy atom. The van der Waals surface area contributed by atoms with E-state index < -0.39 is 0 Å². The van der Waals surface area contributed by atoms with Crippen LogP contribution in [0.4, 0.5) is 0 Å². The maximum absolute atomic E-state index is 11.5. The fourth-order valence-corrected chi connectivity index (χ4v) is 2.28. The monoisotopic (exact) mass is 195 g/mol. The molecule has 0 aromatic heterocycles. The van der Waals surface area contributed by atoms with Crippen LogP contribution in [-0.4, -0.2) is 18.9 Å². The van der Waals surface area contributed by atoms with Crippen LogP contribution in [0, 0.1) is 11.8 Å². The van der Waals surface area contributed by atoms with Crippen LogP contribution in [-0.2, 0) is 4.79 Å². The number of ketones is 1. The first-order valence-electron chi connectivity index (χ1n) is 6.07. The van der Waals surface area contributed by atoms with E-state index in [-0.39, 0.29) is 0 Å². The molecule has 0 bridgehead atoms. The van der Waals surface area contributed by atoms with Gasteiger partial charge in [-0.3, -0.25) is 4.79 Å². The van der Waals surface area contributed by atoms with Gasteiger partial charge in [0.05, 0.1) is 0 Å². The van der Waals surface area contributed by atoms with Crippen LogP contribution in [0.15, 0.2) is 0 Å². The summed E-state index contributed by atoms with van der Waals surface area (Å²) < 4.78 is 0. The number of Topliss-reactive ketones (excluding diaryl/α,β-unsaturated/α-hetero) is 1. The summed E-state index contributed by atoms with van der Waals surface area (Å²) in [7, 11) is 0. The molecule has 0 aromatic carbocycles. The summed E-state index contributed by atoms with van der Waals surface area (Å²) in [6.45, 7) is 2.31. The molecule has 14 heavy (non-hydrogen) atoms. The maximum atomic E-state index is 11.5. The van der Waals surface area contributed by atoms with Gasteiger partial charge in [-0.15, -0.1) is 0 Å². The van der Waals surface area contributed by atoms with E-state index in [4.69, 9.17) is 0 Å². The summed E-state index contributed by atoms with van der Waals surface area (Å²) in [5.74, 6) is 2.05. The highest BCUT2D eigenvalue weighted by Gasteiger charge is 2.24. The second-order valence-corrected chi connectivity index (χ2v) is 4.94. The molecule has 1 saturated carbocycles. The van der Waals surface area contributed by atoms with Crippen LogP contribution in [0.5, 0.6) is 0 Å². The zero-order chi connectivity index (χ0) is 9.80. The fourth-order valence-electron chi connectivity index (χ4n) is 2.28. The summed E-state index contributed by atoms with van der Waals surface area (Å²) in [6, 6.07) is 0. The number of rotatable bonds is 5. The number of hydrogen-bond donors (Lipinski definition) is 1. The van der Waals surface area contributed by atoms with Crippen LogP contribution in [0.2, 0.25) is 0 Å². The average molecular weight is 195 g/mol. The van der Waals surface area contributed by atoms with Crippen molar-refractivity contribution >= 4 is 5.78 Å². The molecular formula is C12H21NO. The standard InChI is InChI=1S/C12H21NO/c14-12(8-10-3-4-10)6-5-11-2-1-7-13-9-11/h10-11,13H,1-9H2. The van der Waals surface area contributed by atoms with Crippen molar-refractivity contribution in [1.29, 1.82) is 0 Å². The van der Waals surface area contributed by atoms with Gasteiger partial charge in [0.1, 0.15) is 5.78 Å². The molecule has 0 amide bonds. The van der Waals surface area contributed by atoms with Crippen LogP contribution in [0.25, 0.3) is 0 Å². The molecule has 1 heterocycles. The number of hydrogen-bond acceptors (Lipinski definition) is 2. The minimum Gasteiger partial charge on any atom is -0.316 e. The molecule has 2 nitrogen and oxygen atoms in total. The lowest BCUT2D eigenvalue weighted by atomic mass is 9.93. The Labute approximate surface area is 86.5 Å². The molecular weight excluding hydrogens is 174 g/mol. The van der Waals surface area contributed by atoms with Crippen LogP contribution >= 0.6 is 0 Å². The molecule has 2 aliphatic rings. The number of nitrogens with one attached hydrogen (secondary N) is 1. The Hall–Kier alpha value is -0.370. The zero-order valence-corrected chi connectivity index (χ0v) is 8.93. The van der Waals surface area contributed by atoms with Crippen molar-refractivity contribution in [2.45, 2.75) is 44.9 Å². The summed E-state index contributed by atoms with van der Waals surface area (Å²) in [5.41, 5.74) is 0. The van der Waals surface area contributed by atoms with Crippen molar-refractivity contribution in [1.82, 2.24) is 5.32 Å². The lowest BCUT2D eigenvalue weighted by Gasteiger charge is -2.22. The first kappa shape index (κ1) is 10.2. The second-order valence-electron chi connectivity index (χ2n) is 4.94. The van der Waals surface area contributed by atoms with E-state index in [0.717, 1.165) is 37.6 Å². The topological polar surface area (TPSA) is 29.1 Å². The van der Waals surface area contributed by atoms with Crippen molar-refractivity contribution in [3.05, 3.63) is 0 Å². The quantitative estimate of drug-likeness (QED) is 0.728. The molecule has 1 aliphatic heterocycles. The average Bonchev–Trinajstić information content (AvgIpc) is 3.00. The third-order valence-electron chi connectivity index (χ3n) is 3.44. The van der Waals surface area contributed by atoms with Crippen molar-refractivity contribution < 1.29 is 4.79 Å². The second kappa shape index (κ2) is 4.92. The summed E-state index contributed by atoms with van der Waals surface area (Å²) in [6.07, 6.45) is 8.06. The predicted molar refractivity (Wildman–Crippen MR) is 57.2 cm³/mol. The van der Waals surface area contributed by atoms with Gasteiger partial charge in [0.25, 0.3) is 0 Å². The van der Waals surface area contributed by atoms with Crippen molar-refractivity contribution in [2.24, 2.45) is 11.8 Å². The van der Waals surface area contributed by atoms with Gasteiger partial charge in [-0.05, 0) is 57.0 Å². The SMILES string of the molecule is O=C(CCC1CCCNC1)CC1CC1. The maximum Gasteiger partial charge on any atom is 0.133 e. The van der Waals surface area contributed by atoms with Crippen molar-refractivity contribution in [3.8, 4) is 0 Å². The molecule has 2 fully saturated rings. The number of piperidine rings is 1. The molecule has 0 aromatic rings. The Bertz CT molecular complexity index is 192. The third-order valence-corrected chi connectivity index (χ3v) is 3.44. The van der Waals surface area contributed by atoms with E-state index in [1.807, 2.05) is 0 Å². The fraction of sp³-hybridized carbons (Fsp3) is 0.917. The lowest BCUT2D eigenvalue weighted by molar-refractivity contribution is -0.119. The van der Waals surface area contributed by atoms with E-state index in [1.54, 1.807) is 0 Å². The Kier molecular flexibility index (Phi) is 3.57. The highest BCUT2D eigenvalue weighted by atomic mass is 16.1. The Morgan fingerprint density at radius 3 is 2.71 bits per heavy atom. The number of carbonyl (C=O) groups excluding carboxylic acids is 1. The van der Waals surface area contributed by atoms with Gasteiger partial charge in [0.2, 0.25) is 0 Å². The van der Waals surface area contributed by atoms with Gasteiger partial charge >= 0.3 is 0 Å². The van der Waals surface area contributed by atoms with E-state index in [9.17, 15) is 4.79 Å². The van der Waals surface area contributed by atoms with Crippen LogP contribution in [0.3, 0.4) is 0 Å². The normalized spacial score (nSPS) is 27.6. The summed E-state index contributed by atoms with van der Waals surface area (Å²) >= 11 is 0. The predicted octanol–water partition coefficient (Wildman–Crippen LogP) is 2.14. The molecule has 0 spiro atoms. The van der Waals surface area contributed by atoms with Crippen LogP contribution in [0.1, 0.15) is 44.9 Å². The third kappa shape index (κ3) is 3.41. The molecule has 1 saturated heterocycles. The van der Waals surface area contributed by atoms with E-state index in [0.29, 0.717) is 5.78 Å². The first-order chi connectivity index (χ1) is 6.84. The summed E-state index contributed by atoms with van der Waals surface area (Å²) in [5, 5.41) is 3.40. The van der Waals surface area contributed by atoms with Gasteiger partial charge in [-0.2, -0.15) is 0 Å². The number of carbonyl (C=O) groups is 1. The van der Waals surface area contributed by atoms with Crippen LogP contribution < -0.4 is 5.32 Å². The molecule has 1 atom stereocenters. The minimum absolute atomic E-state index is 0.512. The van der Waals surface area contributed by atoms with E-state index in [1.165, 1.54) is 32.2 Å². The Balaban J connectivity index is 1.57. The molecule has 80 valence electrons. The van der Waals surface area contributed by atoms with Gasteiger partial charge in [-0.1, -0.05) is 0 Å². The largest absolute Gasteiger partial charge is 0.316 e. The minimum atomic E-state index is 0.512. The zero-order valence-electron chi connectivity index (χ0n) is 8.93. The van der Waals surface area contributed by atoms with Gasteiger partial charge in [-0.25, -0.2) is 0 Å². The first-order valence-corrected chi connectivity index (χ1v) is 6.07. The summed E-state index contributed by atoms with van der Waals surface area (Å²) in [4.78, 5) is 11.5. The lowest BCUT2D eigenvalue weighted by Crippen LogP contribution is -2.30. The smallest absolute Gasteiger partial charge is 0.133 e. The van der Waals surface area contributed by atoms with Crippen molar-refractivity contribution in [2.75, 3.05) is 13.1 Å². The van der Waals surface area contributed by atoms with Crippen molar-refractivity contribution in [3.63, 3.8) is 0 Å².